The minimum atomic E-state index is -1.11. The van der Waals surface area contributed by atoms with Crippen LogP contribution in [-0.2, 0) is 10.4 Å². The van der Waals surface area contributed by atoms with Gasteiger partial charge in [0, 0.05) is 17.1 Å². The molecule has 0 spiro atoms. The molecule has 0 saturated heterocycles. The van der Waals surface area contributed by atoms with Crippen molar-refractivity contribution in [2.24, 2.45) is 0 Å². The van der Waals surface area contributed by atoms with Gasteiger partial charge >= 0.3 is 0 Å². The molecule has 0 saturated carbocycles. The molecule has 3 aromatic rings. The van der Waals surface area contributed by atoms with Crippen LogP contribution < -0.4 is 5.32 Å². The lowest BCUT2D eigenvalue weighted by Gasteiger charge is -2.24. The summed E-state index contributed by atoms with van der Waals surface area (Å²) in [5, 5.41) is 13.6. The SMILES string of the molecule is CC(O)(CNC(=O)CCSc1ccccc1)c1ccc(-c2ccccc2)cc1. The smallest absolute Gasteiger partial charge is 0.220 e. The Balaban J connectivity index is 1.49. The maximum absolute atomic E-state index is 12.1. The highest BCUT2D eigenvalue weighted by Crippen LogP contribution is 2.25. The molecule has 0 radical (unpaired) electrons. The first kappa shape index (κ1) is 20.2. The van der Waals surface area contributed by atoms with Gasteiger partial charge < -0.3 is 10.4 Å². The number of nitrogens with one attached hydrogen (secondary N) is 1. The topological polar surface area (TPSA) is 49.3 Å². The summed E-state index contributed by atoms with van der Waals surface area (Å²) in [5.74, 6) is 0.661. The van der Waals surface area contributed by atoms with E-state index < -0.39 is 5.60 Å². The second-order valence-electron chi connectivity index (χ2n) is 6.91. The predicted octanol–water partition coefficient (Wildman–Crippen LogP) is 4.86. The molecule has 3 aromatic carbocycles. The van der Waals surface area contributed by atoms with Crippen molar-refractivity contribution >= 4 is 17.7 Å². The fourth-order valence-electron chi connectivity index (χ4n) is 2.89. The molecule has 0 bridgehead atoms. The van der Waals surface area contributed by atoms with Gasteiger partial charge in [0.1, 0.15) is 5.60 Å². The monoisotopic (exact) mass is 391 g/mol. The number of carbonyl (C=O) groups excluding carboxylic acids is 1. The van der Waals surface area contributed by atoms with Crippen LogP contribution >= 0.6 is 11.8 Å². The molecule has 1 amide bonds. The Morgan fingerprint density at radius 2 is 1.46 bits per heavy atom. The average molecular weight is 392 g/mol. The summed E-state index contributed by atoms with van der Waals surface area (Å²) in [5.41, 5.74) is 1.91. The Labute approximate surface area is 170 Å². The summed E-state index contributed by atoms with van der Waals surface area (Å²) in [6, 6.07) is 28.0. The molecule has 0 aliphatic heterocycles. The van der Waals surface area contributed by atoms with Crippen molar-refractivity contribution < 1.29 is 9.90 Å². The second kappa shape index (κ2) is 9.58. The minimum absolute atomic E-state index is 0.0513. The van der Waals surface area contributed by atoms with E-state index in [1.54, 1.807) is 18.7 Å². The minimum Gasteiger partial charge on any atom is -0.384 e. The van der Waals surface area contributed by atoms with Gasteiger partial charge in [-0.25, -0.2) is 0 Å². The van der Waals surface area contributed by atoms with E-state index in [4.69, 9.17) is 0 Å². The molecule has 1 unspecified atom stereocenters. The molecule has 3 rings (SSSR count). The highest BCUT2D eigenvalue weighted by atomic mass is 32.2. The summed E-state index contributed by atoms with van der Waals surface area (Å²) in [6.07, 6.45) is 0.419. The van der Waals surface area contributed by atoms with E-state index in [9.17, 15) is 9.90 Å². The van der Waals surface area contributed by atoms with Gasteiger partial charge in [-0.15, -0.1) is 11.8 Å². The van der Waals surface area contributed by atoms with Crippen LogP contribution in [0.4, 0.5) is 0 Å². The van der Waals surface area contributed by atoms with Gasteiger partial charge in [-0.1, -0.05) is 72.8 Å². The lowest BCUT2D eigenvalue weighted by atomic mass is 9.93. The number of hydrogen-bond donors (Lipinski definition) is 2. The number of carbonyl (C=O) groups is 1. The zero-order chi connectivity index (χ0) is 19.8. The second-order valence-corrected chi connectivity index (χ2v) is 8.07. The molecule has 0 aliphatic carbocycles. The number of benzene rings is 3. The number of hydrogen-bond acceptors (Lipinski definition) is 3. The quantitative estimate of drug-likeness (QED) is 0.539. The van der Waals surface area contributed by atoms with E-state index in [0.29, 0.717) is 12.2 Å². The van der Waals surface area contributed by atoms with Crippen LogP contribution in [0.2, 0.25) is 0 Å². The van der Waals surface area contributed by atoms with E-state index in [0.717, 1.165) is 21.6 Å². The van der Waals surface area contributed by atoms with E-state index in [1.807, 2.05) is 72.8 Å². The lowest BCUT2D eigenvalue weighted by Crippen LogP contribution is -2.38. The number of amides is 1. The van der Waals surface area contributed by atoms with Crippen LogP contribution in [0.1, 0.15) is 18.9 Å². The van der Waals surface area contributed by atoms with E-state index >= 15 is 0 Å². The first-order chi connectivity index (χ1) is 13.5. The third-order valence-corrected chi connectivity index (χ3v) is 5.60. The molecular weight excluding hydrogens is 366 g/mol. The van der Waals surface area contributed by atoms with E-state index in [2.05, 4.69) is 17.4 Å². The first-order valence-corrected chi connectivity index (χ1v) is 10.4. The van der Waals surface area contributed by atoms with Gasteiger partial charge in [0.05, 0.1) is 6.54 Å². The Bertz CT molecular complexity index is 877. The molecule has 2 N–H and O–H groups in total. The van der Waals surface area contributed by atoms with Crippen LogP contribution in [0.15, 0.2) is 89.8 Å². The maximum Gasteiger partial charge on any atom is 0.220 e. The fraction of sp³-hybridized carbons (Fsp3) is 0.208. The first-order valence-electron chi connectivity index (χ1n) is 9.37. The fourth-order valence-corrected chi connectivity index (χ4v) is 3.76. The molecule has 144 valence electrons. The van der Waals surface area contributed by atoms with Crippen LogP contribution in [0.5, 0.6) is 0 Å². The van der Waals surface area contributed by atoms with Gasteiger partial charge in [0.2, 0.25) is 5.91 Å². The predicted molar refractivity (Wildman–Crippen MR) is 116 cm³/mol. The van der Waals surface area contributed by atoms with Crippen molar-refractivity contribution in [3.8, 4) is 11.1 Å². The van der Waals surface area contributed by atoms with E-state index in [-0.39, 0.29) is 12.5 Å². The third-order valence-electron chi connectivity index (χ3n) is 4.58. The average Bonchev–Trinajstić information content (AvgIpc) is 2.74. The molecule has 0 fully saturated rings. The van der Waals surface area contributed by atoms with Crippen LogP contribution in [0, 0.1) is 0 Å². The van der Waals surface area contributed by atoms with Crippen molar-refractivity contribution in [1.29, 1.82) is 0 Å². The number of aliphatic hydroxyl groups is 1. The molecule has 3 nitrogen and oxygen atoms in total. The van der Waals surface area contributed by atoms with Crippen LogP contribution in [0.3, 0.4) is 0 Å². The molecule has 4 heteroatoms. The lowest BCUT2D eigenvalue weighted by molar-refractivity contribution is -0.121. The molecule has 0 heterocycles. The normalized spacial score (nSPS) is 12.9. The molecule has 28 heavy (non-hydrogen) atoms. The molecular formula is C24H25NO2S. The van der Waals surface area contributed by atoms with Crippen molar-refractivity contribution in [2.75, 3.05) is 12.3 Å². The van der Waals surface area contributed by atoms with Crippen molar-refractivity contribution in [3.05, 3.63) is 90.5 Å². The molecule has 0 aliphatic rings. The zero-order valence-corrected chi connectivity index (χ0v) is 16.8. The van der Waals surface area contributed by atoms with Gasteiger partial charge in [-0.05, 0) is 35.7 Å². The standard InChI is InChI=1S/C24H25NO2S/c1-24(27,18-25-23(26)16-17-28-22-10-6-3-7-11-22)21-14-12-20(13-15-21)19-8-4-2-5-9-19/h2-15,27H,16-18H2,1H3,(H,25,26). The third kappa shape index (κ3) is 5.72. The van der Waals surface area contributed by atoms with Gasteiger partial charge in [0.25, 0.3) is 0 Å². The summed E-state index contributed by atoms with van der Waals surface area (Å²) < 4.78 is 0. The molecule has 1 atom stereocenters. The van der Waals surface area contributed by atoms with Gasteiger partial charge in [-0.2, -0.15) is 0 Å². The van der Waals surface area contributed by atoms with Crippen LogP contribution in [0.25, 0.3) is 11.1 Å². The Kier molecular flexibility index (Phi) is 6.90. The van der Waals surface area contributed by atoms with Crippen LogP contribution in [-0.4, -0.2) is 23.3 Å². The van der Waals surface area contributed by atoms with E-state index in [1.165, 1.54) is 0 Å². The summed E-state index contributed by atoms with van der Waals surface area (Å²) in [4.78, 5) is 13.3. The number of thioether (sulfide) groups is 1. The Morgan fingerprint density at radius 1 is 0.893 bits per heavy atom. The van der Waals surface area contributed by atoms with Crippen molar-refractivity contribution in [1.82, 2.24) is 5.32 Å². The largest absolute Gasteiger partial charge is 0.384 e. The van der Waals surface area contributed by atoms with Gasteiger partial charge in [0.15, 0.2) is 0 Å². The van der Waals surface area contributed by atoms with Gasteiger partial charge in [-0.3, -0.25) is 4.79 Å². The summed E-state index contributed by atoms with van der Waals surface area (Å²) in [7, 11) is 0. The molecule has 0 aromatic heterocycles. The summed E-state index contributed by atoms with van der Waals surface area (Å²) >= 11 is 1.65. The zero-order valence-electron chi connectivity index (χ0n) is 16.0. The Morgan fingerprint density at radius 3 is 2.11 bits per heavy atom. The summed E-state index contributed by atoms with van der Waals surface area (Å²) in [6.45, 7) is 1.91. The van der Waals surface area contributed by atoms with Crippen molar-refractivity contribution in [3.63, 3.8) is 0 Å². The maximum atomic E-state index is 12.1. The number of rotatable bonds is 8. The highest BCUT2D eigenvalue weighted by Gasteiger charge is 2.23. The highest BCUT2D eigenvalue weighted by molar-refractivity contribution is 7.99. The van der Waals surface area contributed by atoms with Crippen molar-refractivity contribution in [2.45, 2.75) is 23.8 Å². The Hall–Kier alpha value is -2.56.